The van der Waals surface area contributed by atoms with E-state index in [2.05, 4.69) is 19.8 Å². The molecule has 3 heterocycles. The molecule has 1 aromatic carbocycles. The molecule has 0 saturated carbocycles. The van der Waals surface area contributed by atoms with Crippen LogP contribution in [0.5, 0.6) is 0 Å². The molecule has 3 aromatic rings. The van der Waals surface area contributed by atoms with E-state index >= 15 is 0 Å². The molecule has 0 amide bonds. The Bertz CT molecular complexity index is 1140. The molecule has 0 bridgehead atoms. The predicted molar refractivity (Wildman–Crippen MR) is 120 cm³/mol. The fraction of sp³-hybridized carbons (Fsp3) is 0.375. The third kappa shape index (κ3) is 5.45. The van der Waals surface area contributed by atoms with E-state index in [0.717, 1.165) is 49.6 Å². The number of hydrogen-bond acceptors (Lipinski definition) is 6. The Kier molecular flexibility index (Phi) is 6.99. The minimum absolute atomic E-state index is 0.418. The number of halogens is 3. The van der Waals surface area contributed by atoms with E-state index in [1.165, 1.54) is 7.11 Å². The molecule has 180 valence electrons. The molecule has 0 N–H and O–H groups in total. The third-order valence-corrected chi connectivity index (χ3v) is 6.03. The Morgan fingerprint density at radius 1 is 1.00 bits per heavy atom. The smallest absolute Gasteiger partial charge is 0.416 e. The van der Waals surface area contributed by atoms with Gasteiger partial charge in [-0.3, -0.25) is 14.8 Å². The van der Waals surface area contributed by atoms with Crippen molar-refractivity contribution in [2.75, 3.05) is 33.3 Å². The Morgan fingerprint density at radius 2 is 1.65 bits per heavy atom. The lowest BCUT2D eigenvalue weighted by molar-refractivity contribution is -0.137. The number of rotatable bonds is 6. The van der Waals surface area contributed by atoms with Gasteiger partial charge < -0.3 is 9.30 Å². The second-order valence-corrected chi connectivity index (χ2v) is 8.30. The van der Waals surface area contributed by atoms with Crippen molar-refractivity contribution in [2.45, 2.75) is 19.3 Å². The van der Waals surface area contributed by atoms with Gasteiger partial charge in [0.15, 0.2) is 5.82 Å². The highest BCUT2D eigenvalue weighted by molar-refractivity contribution is 5.90. The summed E-state index contributed by atoms with van der Waals surface area (Å²) in [5.74, 6) is 0.244. The van der Waals surface area contributed by atoms with Crippen molar-refractivity contribution in [1.82, 2.24) is 24.3 Å². The number of piperazine rings is 1. The minimum atomic E-state index is -4.31. The second-order valence-electron chi connectivity index (χ2n) is 8.30. The average molecular weight is 473 g/mol. The van der Waals surface area contributed by atoms with Gasteiger partial charge in [-0.15, -0.1) is 0 Å². The van der Waals surface area contributed by atoms with Crippen molar-refractivity contribution < 1.29 is 22.7 Å². The van der Waals surface area contributed by atoms with Gasteiger partial charge in [0.2, 0.25) is 0 Å². The number of carbonyl (C=O) groups is 1. The van der Waals surface area contributed by atoms with Crippen LogP contribution in [0.1, 0.15) is 27.2 Å². The highest BCUT2D eigenvalue weighted by Gasteiger charge is 2.30. The standard InChI is InChI=1S/C24H26F3N5O2/c1-30-20(14-29-22(30)21-13-18(7-8-28-21)23(33)34-2)16-32-11-9-31(10-12-32)15-17-3-5-19(6-4-17)24(25,26)27/h3-8,13-14H,9-12,15-16H2,1-2H3. The van der Waals surface area contributed by atoms with E-state index < -0.39 is 17.7 Å². The summed E-state index contributed by atoms with van der Waals surface area (Å²) < 4.78 is 45.0. The summed E-state index contributed by atoms with van der Waals surface area (Å²) in [4.78, 5) is 25.2. The van der Waals surface area contributed by atoms with Gasteiger partial charge in [0, 0.05) is 52.5 Å². The van der Waals surface area contributed by atoms with Gasteiger partial charge in [-0.2, -0.15) is 13.2 Å². The number of nitrogens with zero attached hydrogens (tertiary/aromatic N) is 5. The van der Waals surface area contributed by atoms with Gasteiger partial charge in [0.05, 0.1) is 30.1 Å². The van der Waals surface area contributed by atoms with Crippen LogP contribution in [0.4, 0.5) is 13.2 Å². The Labute approximate surface area is 195 Å². The molecule has 1 fully saturated rings. The first-order valence-corrected chi connectivity index (χ1v) is 10.9. The van der Waals surface area contributed by atoms with Crippen LogP contribution in [0.2, 0.25) is 0 Å². The molecule has 0 atom stereocenters. The van der Waals surface area contributed by atoms with Crippen LogP contribution < -0.4 is 0 Å². The number of imidazole rings is 1. The van der Waals surface area contributed by atoms with E-state index in [0.29, 0.717) is 30.2 Å². The number of alkyl halides is 3. The van der Waals surface area contributed by atoms with E-state index in [1.807, 2.05) is 17.8 Å². The van der Waals surface area contributed by atoms with Crippen LogP contribution in [-0.4, -0.2) is 63.6 Å². The van der Waals surface area contributed by atoms with Gasteiger partial charge >= 0.3 is 12.1 Å². The molecule has 1 saturated heterocycles. The first-order valence-electron chi connectivity index (χ1n) is 10.9. The van der Waals surface area contributed by atoms with Gasteiger partial charge in [-0.1, -0.05) is 12.1 Å². The lowest BCUT2D eigenvalue weighted by Gasteiger charge is -2.34. The van der Waals surface area contributed by atoms with Crippen molar-refractivity contribution in [3.63, 3.8) is 0 Å². The molecule has 2 aromatic heterocycles. The summed E-state index contributed by atoms with van der Waals surface area (Å²) >= 11 is 0. The zero-order chi connectivity index (χ0) is 24.3. The summed E-state index contributed by atoms with van der Waals surface area (Å²) in [6.07, 6.45) is -0.932. The van der Waals surface area contributed by atoms with Gasteiger partial charge in [-0.05, 0) is 29.8 Å². The molecule has 10 heteroatoms. The van der Waals surface area contributed by atoms with Crippen LogP contribution >= 0.6 is 0 Å². The summed E-state index contributed by atoms with van der Waals surface area (Å²) in [7, 11) is 3.26. The van der Waals surface area contributed by atoms with E-state index in [1.54, 1.807) is 30.5 Å². The van der Waals surface area contributed by atoms with Crippen LogP contribution in [0.3, 0.4) is 0 Å². The number of pyridine rings is 1. The number of hydrogen-bond donors (Lipinski definition) is 0. The molecular weight excluding hydrogens is 447 g/mol. The SMILES string of the molecule is COC(=O)c1ccnc(-c2ncc(CN3CCN(Cc4ccc(C(F)(F)F)cc4)CC3)n2C)c1. The Hall–Kier alpha value is -3.24. The van der Waals surface area contributed by atoms with E-state index in [9.17, 15) is 18.0 Å². The molecule has 0 aliphatic carbocycles. The maximum atomic E-state index is 12.7. The van der Waals surface area contributed by atoms with Gasteiger partial charge in [0.25, 0.3) is 0 Å². The lowest BCUT2D eigenvalue weighted by atomic mass is 10.1. The summed E-state index contributed by atoms with van der Waals surface area (Å²) in [5.41, 5.74) is 2.29. The van der Waals surface area contributed by atoms with E-state index in [-0.39, 0.29) is 0 Å². The van der Waals surface area contributed by atoms with Crippen LogP contribution in [-0.2, 0) is 31.1 Å². The number of carbonyl (C=O) groups excluding carboxylic acids is 1. The number of esters is 1. The van der Waals surface area contributed by atoms with Crippen molar-refractivity contribution in [3.8, 4) is 11.5 Å². The molecule has 4 rings (SSSR count). The molecule has 34 heavy (non-hydrogen) atoms. The third-order valence-electron chi connectivity index (χ3n) is 6.03. The number of aromatic nitrogens is 3. The second kappa shape index (κ2) is 9.94. The average Bonchev–Trinajstić information content (AvgIpc) is 3.19. The number of methoxy groups -OCH3 is 1. The van der Waals surface area contributed by atoms with Crippen molar-refractivity contribution in [3.05, 3.63) is 71.2 Å². The van der Waals surface area contributed by atoms with Crippen molar-refractivity contribution >= 4 is 5.97 Å². The summed E-state index contributed by atoms with van der Waals surface area (Å²) in [6.45, 7) is 4.69. The van der Waals surface area contributed by atoms with Crippen molar-refractivity contribution in [1.29, 1.82) is 0 Å². The van der Waals surface area contributed by atoms with Gasteiger partial charge in [-0.25, -0.2) is 9.78 Å². The van der Waals surface area contributed by atoms with Crippen LogP contribution in [0.25, 0.3) is 11.5 Å². The highest BCUT2D eigenvalue weighted by atomic mass is 19.4. The lowest BCUT2D eigenvalue weighted by Crippen LogP contribution is -2.45. The van der Waals surface area contributed by atoms with Crippen LogP contribution in [0.15, 0.2) is 48.8 Å². The largest absolute Gasteiger partial charge is 0.465 e. The molecule has 0 unspecified atom stereocenters. The molecule has 7 nitrogen and oxygen atoms in total. The Morgan fingerprint density at radius 3 is 2.26 bits per heavy atom. The minimum Gasteiger partial charge on any atom is -0.465 e. The first kappa shape index (κ1) is 23.9. The fourth-order valence-corrected chi connectivity index (χ4v) is 4.02. The molecule has 1 aliphatic heterocycles. The van der Waals surface area contributed by atoms with Crippen molar-refractivity contribution in [2.24, 2.45) is 7.05 Å². The molecular formula is C24H26F3N5O2. The fourth-order valence-electron chi connectivity index (χ4n) is 4.02. The monoisotopic (exact) mass is 473 g/mol. The topological polar surface area (TPSA) is 63.5 Å². The normalized spacial score (nSPS) is 15.4. The zero-order valence-electron chi connectivity index (χ0n) is 19.0. The highest BCUT2D eigenvalue weighted by Crippen LogP contribution is 2.29. The van der Waals surface area contributed by atoms with E-state index in [4.69, 9.17) is 4.74 Å². The summed E-state index contributed by atoms with van der Waals surface area (Å²) in [5, 5.41) is 0. The first-order chi connectivity index (χ1) is 16.2. The zero-order valence-corrected chi connectivity index (χ0v) is 19.0. The van der Waals surface area contributed by atoms with Gasteiger partial charge in [0.1, 0.15) is 5.69 Å². The molecule has 0 spiro atoms. The molecule has 1 aliphatic rings. The maximum absolute atomic E-state index is 12.7. The Balaban J connectivity index is 1.33. The van der Waals surface area contributed by atoms with Crippen LogP contribution in [0, 0.1) is 0 Å². The molecule has 0 radical (unpaired) electrons. The predicted octanol–water partition coefficient (Wildman–Crippen LogP) is 3.61. The number of ether oxygens (including phenoxy) is 1. The quantitative estimate of drug-likeness (QED) is 0.510. The maximum Gasteiger partial charge on any atom is 0.416 e. The number of benzene rings is 1. The summed E-state index contributed by atoms with van der Waals surface area (Å²) in [6, 6.07) is 8.65.